The number of rotatable bonds is 6. The van der Waals surface area contributed by atoms with Crippen LogP contribution >= 0.6 is 0 Å². The monoisotopic (exact) mass is 359 g/mol. The van der Waals surface area contributed by atoms with Crippen molar-refractivity contribution in [2.24, 2.45) is 4.99 Å². The van der Waals surface area contributed by atoms with E-state index >= 15 is 0 Å². The summed E-state index contributed by atoms with van der Waals surface area (Å²) in [5.41, 5.74) is 11.3. The number of pyridine rings is 1. The standard InChI is InChI=1S/C21H18FN5/c22-15-8-6-13(7-9-15)11-26-21-19(17-12-25-17)18(14-4-2-1-3-5-14)16(10-23)20(24)27-21/h1-10,23H,11-12H2,(H3,24,26,27). The molecule has 2 heterocycles. The number of aliphatic imine (C=N–C) groups is 1. The molecule has 0 saturated carbocycles. The normalized spacial score (nSPS) is 12.4. The number of nitrogen functional groups attached to an aromatic ring is 1. The highest BCUT2D eigenvalue weighted by atomic mass is 19.1. The molecule has 0 fully saturated rings. The third-order valence-corrected chi connectivity index (χ3v) is 4.45. The molecule has 0 spiro atoms. The summed E-state index contributed by atoms with van der Waals surface area (Å²) >= 11 is 0. The first-order valence-corrected chi connectivity index (χ1v) is 8.58. The molecule has 1 aliphatic heterocycles. The second kappa shape index (κ2) is 6.99. The molecule has 4 rings (SSSR count). The van der Waals surface area contributed by atoms with E-state index < -0.39 is 0 Å². The molecule has 0 radical (unpaired) electrons. The second-order valence-electron chi connectivity index (χ2n) is 6.26. The summed E-state index contributed by atoms with van der Waals surface area (Å²) < 4.78 is 13.1. The highest BCUT2D eigenvalue weighted by Crippen LogP contribution is 2.36. The van der Waals surface area contributed by atoms with Crippen molar-refractivity contribution < 1.29 is 4.39 Å². The van der Waals surface area contributed by atoms with E-state index in [1.54, 1.807) is 12.1 Å². The van der Waals surface area contributed by atoms with Crippen molar-refractivity contribution in [1.29, 1.82) is 5.41 Å². The van der Waals surface area contributed by atoms with Crippen LogP contribution in [0.2, 0.25) is 0 Å². The lowest BCUT2D eigenvalue weighted by molar-refractivity contribution is 0.627. The number of hydrogen-bond donors (Lipinski definition) is 3. The Morgan fingerprint density at radius 2 is 1.78 bits per heavy atom. The average Bonchev–Trinajstić information content (AvgIpc) is 3.52. The van der Waals surface area contributed by atoms with Crippen LogP contribution in [0.5, 0.6) is 0 Å². The van der Waals surface area contributed by atoms with E-state index in [9.17, 15) is 4.39 Å². The number of nitrogens with zero attached hydrogens (tertiary/aromatic N) is 2. The molecule has 1 aromatic heterocycles. The predicted octanol–water partition coefficient (Wildman–Crippen LogP) is 3.88. The van der Waals surface area contributed by atoms with Crippen molar-refractivity contribution in [2.45, 2.75) is 6.54 Å². The quantitative estimate of drug-likeness (QED) is 0.584. The van der Waals surface area contributed by atoms with Crippen molar-refractivity contribution in [2.75, 3.05) is 17.6 Å². The highest BCUT2D eigenvalue weighted by molar-refractivity contribution is 6.19. The number of hydrogen-bond acceptors (Lipinski definition) is 5. The van der Waals surface area contributed by atoms with Gasteiger partial charge in [0.05, 0.1) is 12.3 Å². The van der Waals surface area contributed by atoms with Crippen LogP contribution in [0.3, 0.4) is 0 Å². The van der Waals surface area contributed by atoms with Gasteiger partial charge in [0.15, 0.2) is 0 Å². The second-order valence-corrected chi connectivity index (χ2v) is 6.26. The Hall–Kier alpha value is -3.54. The average molecular weight is 359 g/mol. The van der Waals surface area contributed by atoms with Gasteiger partial charge in [-0.25, -0.2) is 9.37 Å². The van der Waals surface area contributed by atoms with Crippen molar-refractivity contribution in [3.8, 4) is 11.1 Å². The fraction of sp³-hybridized carbons (Fsp3) is 0.0952. The largest absolute Gasteiger partial charge is 0.383 e. The number of halogens is 1. The molecule has 5 nitrogen and oxygen atoms in total. The molecule has 4 N–H and O–H groups in total. The fourth-order valence-corrected chi connectivity index (χ4v) is 3.06. The van der Waals surface area contributed by atoms with Crippen LogP contribution in [0, 0.1) is 11.2 Å². The molecular weight excluding hydrogens is 341 g/mol. The number of benzene rings is 2. The minimum atomic E-state index is -0.268. The Morgan fingerprint density at radius 3 is 2.41 bits per heavy atom. The van der Waals surface area contributed by atoms with Crippen molar-refractivity contribution >= 4 is 23.6 Å². The number of nitrogens with two attached hydrogens (primary N) is 1. The third-order valence-electron chi connectivity index (χ3n) is 4.45. The third kappa shape index (κ3) is 3.42. The molecule has 6 heteroatoms. The first-order chi connectivity index (χ1) is 13.2. The summed E-state index contributed by atoms with van der Waals surface area (Å²) in [7, 11) is 0. The molecule has 0 atom stereocenters. The zero-order chi connectivity index (χ0) is 18.8. The topological polar surface area (TPSA) is 87.2 Å². The number of anilines is 2. The van der Waals surface area contributed by atoms with Crippen molar-refractivity contribution in [3.05, 3.63) is 77.1 Å². The SMILES string of the molecule is N=Cc1c(N)nc(NCc2ccc(F)cc2)c(C2=NC2)c1-c1ccccc1. The van der Waals surface area contributed by atoms with E-state index in [4.69, 9.17) is 11.1 Å². The molecule has 3 aromatic rings. The molecule has 0 saturated heterocycles. The van der Waals surface area contributed by atoms with Gasteiger partial charge in [-0.3, -0.25) is 4.99 Å². The Bertz CT molecular complexity index is 1030. The van der Waals surface area contributed by atoms with Gasteiger partial charge in [-0.1, -0.05) is 42.5 Å². The Labute approximate surface area is 156 Å². The molecule has 1 aliphatic rings. The van der Waals surface area contributed by atoms with Gasteiger partial charge in [-0.2, -0.15) is 0 Å². The van der Waals surface area contributed by atoms with Gasteiger partial charge in [0.1, 0.15) is 17.5 Å². The van der Waals surface area contributed by atoms with Crippen LogP contribution in [-0.2, 0) is 6.54 Å². The summed E-state index contributed by atoms with van der Waals surface area (Å²) in [6.07, 6.45) is 1.24. The highest BCUT2D eigenvalue weighted by Gasteiger charge is 2.26. The maximum Gasteiger partial charge on any atom is 0.138 e. The Kier molecular flexibility index (Phi) is 4.38. The zero-order valence-electron chi connectivity index (χ0n) is 14.5. The summed E-state index contributed by atoms with van der Waals surface area (Å²) in [5, 5.41) is 11.1. The van der Waals surface area contributed by atoms with Crippen molar-refractivity contribution in [3.63, 3.8) is 0 Å². The van der Waals surface area contributed by atoms with E-state index in [-0.39, 0.29) is 11.6 Å². The van der Waals surface area contributed by atoms with E-state index in [0.717, 1.165) is 28.0 Å². The van der Waals surface area contributed by atoms with Gasteiger partial charge >= 0.3 is 0 Å². The molecule has 0 aliphatic carbocycles. The lowest BCUT2D eigenvalue weighted by atomic mass is 9.94. The van der Waals surface area contributed by atoms with Gasteiger partial charge in [-0.15, -0.1) is 0 Å². The van der Waals surface area contributed by atoms with Crippen LogP contribution in [0.15, 0.2) is 59.6 Å². The van der Waals surface area contributed by atoms with Crippen molar-refractivity contribution in [1.82, 2.24) is 4.98 Å². The smallest absolute Gasteiger partial charge is 0.138 e. The molecule has 0 bridgehead atoms. The molecule has 0 amide bonds. The lowest BCUT2D eigenvalue weighted by Gasteiger charge is -2.17. The zero-order valence-corrected chi connectivity index (χ0v) is 14.5. The van der Waals surface area contributed by atoms with Crippen LogP contribution in [-0.4, -0.2) is 23.5 Å². The predicted molar refractivity (Wildman–Crippen MR) is 107 cm³/mol. The molecular formula is C21H18FN5. The molecule has 2 aromatic carbocycles. The molecule has 134 valence electrons. The van der Waals surface area contributed by atoms with Gasteiger partial charge in [0, 0.05) is 29.4 Å². The van der Waals surface area contributed by atoms with Crippen LogP contribution < -0.4 is 11.1 Å². The summed E-state index contributed by atoms with van der Waals surface area (Å²) in [6.45, 7) is 1.12. The first kappa shape index (κ1) is 16.9. The fourth-order valence-electron chi connectivity index (χ4n) is 3.06. The summed E-state index contributed by atoms with van der Waals surface area (Å²) in [6, 6.07) is 16.1. The molecule has 0 unspecified atom stereocenters. The van der Waals surface area contributed by atoms with Gasteiger partial charge in [0.25, 0.3) is 0 Å². The maximum absolute atomic E-state index is 13.1. The number of aromatic nitrogens is 1. The first-order valence-electron chi connectivity index (χ1n) is 8.58. The van der Waals surface area contributed by atoms with Crippen LogP contribution in [0.25, 0.3) is 11.1 Å². The van der Waals surface area contributed by atoms with E-state index in [1.165, 1.54) is 18.3 Å². The van der Waals surface area contributed by atoms with Gasteiger partial charge < -0.3 is 16.5 Å². The molecule has 27 heavy (non-hydrogen) atoms. The lowest BCUT2D eigenvalue weighted by Crippen LogP contribution is -2.12. The maximum atomic E-state index is 13.1. The van der Waals surface area contributed by atoms with E-state index in [1.807, 2.05) is 30.3 Å². The minimum Gasteiger partial charge on any atom is -0.383 e. The van der Waals surface area contributed by atoms with E-state index in [0.29, 0.717) is 24.5 Å². The minimum absolute atomic E-state index is 0.268. The number of nitrogens with one attached hydrogen (secondary N) is 2. The van der Waals surface area contributed by atoms with Gasteiger partial charge in [-0.05, 0) is 23.3 Å². The van der Waals surface area contributed by atoms with Crippen LogP contribution in [0.1, 0.15) is 16.7 Å². The van der Waals surface area contributed by atoms with E-state index in [2.05, 4.69) is 15.3 Å². The van der Waals surface area contributed by atoms with Crippen LogP contribution in [0.4, 0.5) is 16.0 Å². The van der Waals surface area contributed by atoms with Gasteiger partial charge in [0.2, 0.25) is 0 Å². The Morgan fingerprint density at radius 1 is 1.07 bits per heavy atom. The summed E-state index contributed by atoms with van der Waals surface area (Å²) in [4.78, 5) is 8.85. The summed E-state index contributed by atoms with van der Waals surface area (Å²) in [5.74, 6) is 0.642. The Balaban J connectivity index is 1.80.